The number of carbonyl (C=O) groups is 2. The van der Waals surface area contributed by atoms with E-state index in [-0.39, 0.29) is 17.6 Å². The number of hydrazine groups is 1. The fourth-order valence-electron chi connectivity index (χ4n) is 2.85. The smallest absolute Gasteiger partial charge is 0.240 e. The first-order chi connectivity index (χ1) is 14.5. The Morgan fingerprint density at radius 1 is 1.13 bits per heavy atom. The van der Waals surface area contributed by atoms with Crippen molar-refractivity contribution in [3.8, 4) is 11.5 Å². The van der Waals surface area contributed by atoms with Crippen molar-refractivity contribution in [1.82, 2.24) is 16.2 Å². The molecule has 160 valence electrons. The first kappa shape index (κ1) is 22.2. The first-order valence-electron chi connectivity index (χ1n) is 9.18. The van der Waals surface area contributed by atoms with E-state index in [0.29, 0.717) is 28.6 Å². The zero-order valence-electron chi connectivity index (χ0n) is 16.5. The van der Waals surface area contributed by atoms with Crippen molar-refractivity contribution >= 4 is 40.9 Å². The molecule has 1 heterocycles. The fraction of sp³-hybridized carbons (Fsp3) is 0.300. The van der Waals surface area contributed by atoms with Gasteiger partial charge in [-0.25, -0.2) is 10.9 Å². The van der Waals surface area contributed by atoms with Crippen LogP contribution in [0.1, 0.15) is 5.56 Å². The number of benzene rings is 2. The third kappa shape index (κ3) is 6.02. The molecule has 1 saturated heterocycles. The van der Waals surface area contributed by atoms with Crippen molar-refractivity contribution in [3.63, 3.8) is 0 Å². The second-order valence-corrected chi connectivity index (χ2v) is 8.02. The molecule has 2 unspecified atom stereocenters. The quantitative estimate of drug-likeness (QED) is 0.489. The molecule has 0 aromatic heterocycles. The fourth-order valence-corrected chi connectivity index (χ4v) is 3.72. The number of hydrogen-bond donors (Lipinski definition) is 4. The van der Waals surface area contributed by atoms with Crippen LogP contribution in [0.2, 0.25) is 5.02 Å². The summed E-state index contributed by atoms with van der Waals surface area (Å²) in [5.74, 6) is 0.893. The normalized spacial score (nSPS) is 18.4. The molecule has 2 aromatic rings. The molecule has 0 spiro atoms. The summed E-state index contributed by atoms with van der Waals surface area (Å²) in [6, 6.07) is 12.1. The van der Waals surface area contributed by atoms with E-state index < -0.39 is 11.5 Å². The number of anilines is 1. The number of halogens is 1. The number of hydrogen-bond acceptors (Lipinski definition) is 7. The Hall–Kier alpha value is -2.46. The lowest BCUT2D eigenvalue weighted by molar-refractivity contribution is -0.125. The van der Waals surface area contributed by atoms with Gasteiger partial charge in [0.1, 0.15) is 23.0 Å². The molecule has 2 amide bonds. The number of thioether (sulfide) groups is 1. The van der Waals surface area contributed by atoms with Crippen LogP contribution >= 0.6 is 23.4 Å². The molecule has 1 aliphatic rings. The summed E-state index contributed by atoms with van der Waals surface area (Å²) in [6.07, 6.45) is 0.517. The molecule has 3 rings (SSSR count). The second kappa shape index (κ2) is 10.5. The Morgan fingerprint density at radius 3 is 2.57 bits per heavy atom. The lowest BCUT2D eigenvalue weighted by Crippen LogP contribution is -2.64. The highest BCUT2D eigenvalue weighted by molar-refractivity contribution is 8.00. The van der Waals surface area contributed by atoms with E-state index >= 15 is 0 Å². The highest BCUT2D eigenvalue weighted by Gasteiger charge is 2.27. The zero-order chi connectivity index (χ0) is 21.5. The van der Waals surface area contributed by atoms with Crippen molar-refractivity contribution in [3.05, 3.63) is 53.1 Å². The average Bonchev–Trinajstić information content (AvgIpc) is 2.75. The molecule has 1 aliphatic heterocycles. The molecular formula is C20H23ClN4O4S. The number of methoxy groups -OCH3 is 2. The number of amides is 2. The van der Waals surface area contributed by atoms with Gasteiger partial charge in [-0.1, -0.05) is 23.7 Å². The highest BCUT2D eigenvalue weighted by atomic mass is 35.5. The molecule has 0 radical (unpaired) electrons. The average molecular weight is 451 g/mol. The maximum Gasteiger partial charge on any atom is 0.240 e. The van der Waals surface area contributed by atoms with E-state index in [1.54, 1.807) is 37.4 Å². The Balaban J connectivity index is 1.47. The summed E-state index contributed by atoms with van der Waals surface area (Å²) in [6.45, 7) is 0. The highest BCUT2D eigenvalue weighted by Crippen LogP contribution is 2.29. The maximum atomic E-state index is 12.4. The maximum absolute atomic E-state index is 12.4. The van der Waals surface area contributed by atoms with E-state index in [9.17, 15) is 9.59 Å². The predicted molar refractivity (Wildman–Crippen MR) is 118 cm³/mol. The molecule has 2 atom stereocenters. The second-order valence-electron chi connectivity index (χ2n) is 6.49. The van der Waals surface area contributed by atoms with Gasteiger partial charge in [0.2, 0.25) is 11.8 Å². The van der Waals surface area contributed by atoms with Crippen molar-refractivity contribution in [2.45, 2.75) is 18.0 Å². The van der Waals surface area contributed by atoms with Crippen molar-refractivity contribution in [1.29, 1.82) is 0 Å². The number of ether oxygens (including phenoxy) is 2. The minimum absolute atomic E-state index is 0.127. The third-order valence-corrected chi connectivity index (χ3v) is 5.64. The molecule has 4 N–H and O–H groups in total. The minimum atomic E-state index is -0.433. The largest absolute Gasteiger partial charge is 0.497 e. The SMILES string of the molecule is COc1ccc(OC)c(NC(=O)CSC2NNC(Cc3ccc(Cl)cc3)C(=O)N2)c1. The minimum Gasteiger partial charge on any atom is -0.497 e. The van der Waals surface area contributed by atoms with Crippen LogP contribution in [0.3, 0.4) is 0 Å². The van der Waals surface area contributed by atoms with Gasteiger partial charge in [0.15, 0.2) is 0 Å². The number of carbonyl (C=O) groups excluding carboxylic acids is 2. The summed E-state index contributed by atoms with van der Waals surface area (Å²) in [5.41, 5.74) is 7.10. The van der Waals surface area contributed by atoms with Gasteiger partial charge in [0.25, 0.3) is 0 Å². The zero-order valence-corrected chi connectivity index (χ0v) is 18.1. The van der Waals surface area contributed by atoms with Gasteiger partial charge in [-0.2, -0.15) is 0 Å². The van der Waals surface area contributed by atoms with Crippen LogP contribution in [-0.2, 0) is 16.0 Å². The van der Waals surface area contributed by atoms with Gasteiger partial charge in [-0.3, -0.25) is 9.59 Å². The summed E-state index contributed by atoms with van der Waals surface area (Å²) in [4.78, 5) is 24.7. The van der Waals surface area contributed by atoms with Gasteiger partial charge >= 0.3 is 0 Å². The molecule has 1 fully saturated rings. The lowest BCUT2D eigenvalue weighted by atomic mass is 10.1. The van der Waals surface area contributed by atoms with Crippen LogP contribution in [0.25, 0.3) is 0 Å². The van der Waals surface area contributed by atoms with Gasteiger partial charge < -0.3 is 20.1 Å². The van der Waals surface area contributed by atoms with Gasteiger partial charge in [0, 0.05) is 11.1 Å². The summed E-state index contributed by atoms with van der Waals surface area (Å²) in [7, 11) is 3.08. The van der Waals surface area contributed by atoms with Crippen LogP contribution in [-0.4, -0.2) is 43.3 Å². The van der Waals surface area contributed by atoms with Crippen LogP contribution in [0.5, 0.6) is 11.5 Å². The topological polar surface area (TPSA) is 101 Å². The van der Waals surface area contributed by atoms with Gasteiger partial charge in [-0.15, -0.1) is 11.8 Å². The number of nitrogens with one attached hydrogen (secondary N) is 4. The van der Waals surface area contributed by atoms with Crippen molar-refractivity contribution < 1.29 is 19.1 Å². The van der Waals surface area contributed by atoms with Gasteiger partial charge in [0.05, 0.1) is 25.7 Å². The monoisotopic (exact) mass is 450 g/mol. The standard InChI is InChI=1S/C20H23ClN4O4S/c1-28-14-7-8-17(29-2)15(10-14)22-18(26)11-30-20-23-19(27)16(24-25-20)9-12-3-5-13(21)6-4-12/h3-8,10,16,20,24-25H,9,11H2,1-2H3,(H,22,26)(H,23,27). The van der Waals surface area contributed by atoms with E-state index in [0.717, 1.165) is 5.56 Å². The van der Waals surface area contributed by atoms with Crippen LogP contribution in [0.4, 0.5) is 5.69 Å². The Morgan fingerprint density at radius 2 is 1.90 bits per heavy atom. The molecule has 30 heavy (non-hydrogen) atoms. The van der Waals surface area contributed by atoms with E-state index in [1.165, 1.54) is 18.9 Å². The van der Waals surface area contributed by atoms with Crippen LogP contribution in [0, 0.1) is 0 Å². The van der Waals surface area contributed by atoms with E-state index in [4.69, 9.17) is 21.1 Å². The molecular weight excluding hydrogens is 428 g/mol. The predicted octanol–water partition coefficient (Wildman–Crippen LogP) is 2.15. The van der Waals surface area contributed by atoms with E-state index in [2.05, 4.69) is 21.5 Å². The van der Waals surface area contributed by atoms with Crippen LogP contribution < -0.4 is 31.0 Å². The molecule has 2 aromatic carbocycles. The van der Waals surface area contributed by atoms with Crippen molar-refractivity contribution in [2.24, 2.45) is 0 Å². The third-order valence-electron chi connectivity index (χ3n) is 4.39. The Bertz CT molecular complexity index is 897. The lowest BCUT2D eigenvalue weighted by Gasteiger charge is -2.31. The Kier molecular flexibility index (Phi) is 7.81. The summed E-state index contributed by atoms with van der Waals surface area (Å²) < 4.78 is 10.4. The van der Waals surface area contributed by atoms with Crippen LogP contribution in [0.15, 0.2) is 42.5 Å². The summed E-state index contributed by atoms with van der Waals surface area (Å²) in [5, 5.41) is 6.31. The molecule has 0 aliphatic carbocycles. The molecule has 8 nitrogen and oxygen atoms in total. The molecule has 0 saturated carbocycles. The van der Waals surface area contributed by atoms with Crippen molar-refractivity contribution in [2.75, 3.05) is 25.3 Å². The van der Waals surface area contributed by atoms with Gasteiger partial charge in [-0.05, 0) is 36.2 Å². The molecule has 10 heteroatoms. The summed E-state index contributed by atoms with van der Waals surface area (Å²) >= 11 is 7.14. The number of rotatable bonds is 8. The molecule has 0 bridgehead atoms. The van der Waals surface area contributed by atoms with E-state index in [1.807, 2.05) is 12.1 Å². The first-order valence-corrected chi connectivity index (χ1v) is 10.6. The Labute approximate surface area is 184 Å².